The lowest BCUT2D eigenvalue weighted by molar-refractivity contribution is 0.386. The summed E-state index contributed by atoms with van der Waals surface area (Å²) in [6, 6.07) is 6.86. The molecule has 1 aromatic carbocycles. The van der Waals surface area contributed by atoms with Crippen LogP contribution in [0.5, 0.6) is 5.75 Å². The SMILES string of the molecule is CCc1cc(-c2ccc(OC)c(F)c2)nc(N2CCCC2)n1. The number of rotatable bonds is 4. The zero-order valence-corrected chi connectivity index (χ0v) is 13.0. The molecule has 1 aliphatic rings. The molecule has 22 heavy (non-hydrogen) atoms. The fraction of sp³-hybridized carbons (Fsp3) is 0.412. The minimum absolute atomic E-state index is 0.244. The highest BCUT2D eigenvalue weighted by Crippen LogP contribution is 2.27. The van der Waals surface area contributed by atoms with Crippen molar-refractivity contribution in [2.75, 3.05) is 25.1 Å². The molecule has 3 rings (SSSR count). The van der Waals surface area contributed by atoms with Crippen LogP contribution in [0.1, 0.15) is 25.5 Å². The van der Waals surface area contributed by atoms with Gasteiger partial charge in [-0.1, -0.05) is 6.92 Å². The van der Waals surface area contributed by atoms with Crippen molar-refractivity contribution in [2.45, 2.75) is 26.2 Å². The Labute approximate surface area is 130 Å². The molecular weight excluding hydrogens is 281 g/mol. The van der Waals surface area contributed by atoms with E-state index in [1.165, 1.54) is 26.0 Å². The minimum Gasteiger partial charge on any atom is -0.494 e. The first kappa shape index (κ1) is 14.8. The Morgan fingerprint density at radius 1 is 1.18 bits per heavy atom. The van der Waals surface area contributed by atoms with Crippen LogP contribution < -0.4 is 9.64 Å². The highest BCUT2D eigenvalue weighted by Gasteiger charge is 2.17. The van der Waals surface area contributed by atoms with Gasteiger partial charge in [0.05, 0.1) is 12.8 Å². The summed E-state index contributed by atoms with van der Waals surface area (Å²) in [4.78, 5) is 11.4. The van der Waals surface area contributed by atoms with Gasteiger partial charge in [-0.2, -0.15) is 0 Å². The molecule has 2 heterocycles. The smallest absolute Gasteiger partial charge is 0.226 e. The zero-order valence-electron chi connectivity index (χ0n) is 13.0. The maximum Gasteiger partial charge on any atom is 0.226 e. The largest absolute Gasteiger partial charge is 0.494 e. The van der Waals surface area contributed by atoms with Crippen molar-refractivity contribution in [1.82, 2.24) is 9.97 Å². The lowest BCUT2D eigenvalue weighted by Crippen LogP contribution is -2.21. The Bertz CT molecular complexity index is 669. The Hall–Kier alpha value is -2.17. The van der Waals surface area contributed by atoms with E-state index >= 15 is 0 Å². The number of nitrogens with zero attached hydrogens (tertiary/aromatic N) is 3. The van der Waals surface area contributed by atoms with Gasteiger partial charge in [-0.05, 0) is 43.5 Å². The van der Waals surface area contributed by atoms with E-state index in [9.17, 15) is 4.39 Å². The molecule has 1 aromatic heterocycles. The first-order valence-electron chi connectivity index (χ1n) is 7.68. The third-order valence-electron chi connectivity index (χ3n) is 3.97. The van der Waals surface area contributed by atoms with Crippen molar-refractivity contribution >= 4 is 5.95 Å². The maximum atomic E-state index is 13.9. The van der Waals surface area contributed by atoms with Crippen molar-refractivity contribution < 1.29 is 9.13 Å². The molecule has 0 spiro atoms. The molecule has 1 fully saturated rings. The van der Waals surface area contributed by atoms with Crippen LogP contribution >= 0.6 is 0 Å². The fourth-order valence-electron chi connectivity index (χ4n) is 2.70. The number of ether oxygens (including phenoxy) is 1. The van der Waals surface area contributed by atoms with Crippen molar-refractivity contribution in [3.8, 4) is 17.0 Å². The standard InChI is InChI=1S/C17H20FN3O/c1-3-13-11-15(12-6-7-16(22-2)14(18)10-12)20-17(19-13)21-8-4-5-9-21/h6-7,10-11H,3-5,8-9H2,1-2H3. The predicted molar refractivity (Wildman–Crippen MR) is 84.8 cm³/mol. The predicted octanol–water partition coefficient (Wildman–Crippen LogP) is 3.45. The summed E-state index contributed by atoms with van der Waals surface area (Å²) in [5.41, 5.74) is 2.48. The van der Waals surface area contributed by atoms with Crippen LogP contribution in [0.4, 0.5) is 10.3 Å². The quantitative estimate of drug-likeness (QED) is 0.867. The van der Waals surface area contributed by atoms with Crippen LogP contribution in [0.3, 0.4) is 0 Å². The molecule has 0 bridgehead atoms. The minimum atomic E-state index is -0.376. The van der Waals surface area contributed by atoms with E-state index in [0.29, 0.717) is 0 Å². The first-order valence-corrected chi connectivity index (χ1v) is 7.68. The molecule has 0 radical (unpaired) electrons. The number of benzene rings is 1. The number of aryl methyl sites for hydroxylation is 1. The van der Waals surface area contributed by atoms with Crippen molar-refractivity contribution in [1.29, 1.82) is 0 Å². The van der Waals surface area contributed by atoms with Crippen LogP contribution in [0.25, 0.3) is 11.3 Å². The zero-order chi connectivity index (χ0) is 15.5. The average Bonchev–Trinajstić information content (AvgIpc) is 3.09. The van der Waals surface area contributed by atoms with Gasteiger partial charge in [0.2, 0.25) is 5.95 Å². The van der Waals surface area contributed by atoms with Gasteiger partial charge in [0.1, 0.15) is 0 Å². The topological polar surface area (TPSA) is 38.2 Å². The van der Waals surface area contributed by atoms with Gasteiger partial charge in [-0.3, -0.25) is 0 Å². The summed E-state index contributed by atoms with van der Waals surface area (Å²) in [5, 5.41) is 0. The third kappa shape index (κ3) is 2.89. The molecule has 0 atom stereocenters. The Morgan fingerprint density at radius 3 is 2.59 bits per heavy atom. The normalized spacial score (nSPS) is 14.4. The molecule has 4 nitrogen and oxygen atoms in total. The average molecular weight is 301 g/mol. The van der Waals surface area contributed by atoms with Crippen LogP contribution in [-0.2, 0) is 6.42 Å². The summed E-state index contributed by atoms with van der Waals surface area (Å²) in [6.45, 7) is 4.04. The molecule has 0 unspecified atom stereocenters. The summed E-state index contributed by atoms with van der Waals surface area (Å²) in [7, 11) is 1.46. The number of methoxy groups -OCH3 is 1. The lowest BCUT2D eigenvalue weighted by Gasteiger charge is -2.17. The van der Waals surface area contributed by atoms with E-state index in [0.717, 1.165) is 42.4 Å². The number of anilines is 1. The summed E-state index contributed by atoms with van der Waals surface area (Å²) >= 11 is 0. The third-order valence-corrected chi connectivity index (χ3v) is 3.97. The number of aromatic nitrogens is 2. The van der Waals surface area contributed by atoms with Gasteiger partial charge in [0.25, 0.3) is 0 Å². The molecule has 0 saturated carbocycles. The molecule has 5 heteroatoms. The summed E-state index contributed by atoms with van der Waals surface area (Å²) in [5.74, 6) is 0.621. The van der Waals surface area contributed by atoms with Gasteiger partial charge in [0, 0.05) is 24.3 Å². The number of hydrogen-bond acceptors (Lipinski definition) is 4. The molecule has 116 valence electrons. The van der Waals surface area contributed by atoms with E-state index in [4.69, 9.17) is 4.74 Å². The van der Waals surface area contributed by atoms with Gasteiger partial charge >= 0.3 is 0 Å². The Morgan fingerprint density at radius 2 is 1.95 bits per heavy atom. The summed E-state index contributed by atoms with van der Waals surface area (Å²) < 4.78 is 18.9. The van der Waals surface area contributed by atoms with Crippen molar-refractivity contribution in [3.63, 3.8) is 0 Å². The van der Waals surface area contributed by atoms with Crippen LogP contribution in [-0.4, -0.2) is 30.2 Å². The van der Waals surface area contributed by atoms with Crippen LogP contribution in [0, 0.1) is 5.82 Å². The molecule has 0 aliphatic carbocycles. The highest BCUT2D eigenvalue weighted by atomic mass is 19.1. The van der Waals surface area contributed by atoms with E-state index in [1.54, 1.807) is 6.07 Å². The molecule has 1 saturated heterocycles. The molecule has 1 aliphatic heterocycles. The second-order valence-corrected chi connectivity index (χ2v) is 5.44. The lowest BCUT2D eigenvalue weighted by atomic mass is 10.1. The van der Waals surface area contributed by atoms with Gasteiger partial charge in [-0.15, -0.1) is 0 Å². The number of hydrogen-bond donors (Lipinski definition) is 0. The van der Waals surface area contributed by atoms with Crippen LogP contribution in [0.15, 0.2) is 24.3 Å². The van der Waals surface area contributed by atoms with Gasteiger partial charge in [-0.25, -0.2) is 14.4 Å². The number of halogens is 1. The van der Waals surface area contributed by atoms with Crippen molar-refractivity contribution in [3.05, 3.63) is 35.8 Å². The van der Waals surface area contributed by atoms with Gasteiger partial charge < -0.3 is 9.64 Å². The second kappa shape index (κ2) is 6.30. The Balaban J connectivity index is 2.01. The van der Waals surface area contributed by atoms with E-state index in [1.807, 2.05) is 12.1 Å². The monoisotopic (exact) mass is 301 g/mol. The first-order chi connectivity index (χ1) is 10.7. The molecule has 0 N–H and O–H groups in total. The van der Waals surface area contributed by atoms with Gasteiger partial charge in [0.15, 0.2) is 11.6 Å². The van der Waals surface area contributed by atoms with Crippen LogP contribution in [0.2, 0.25) is 0 Å². The highest BCUT2D eigenvalue weighted by molar-refractivity contribution is 5.62. The van der Waals surface area contributed by atoms with Crippen molar-refractivity contribution in [2.24, 2.45) is 0 Å². The fourth-order valence-corrected chi connectivity index (χ4v) is 2.70. The van der Waals surface area contributed by atoms with E-state index in [-0.39, 0.29) is 11.6 Å². The Kier molecular flexibility index (Phi) is 4.22. The maximum absolute atomic E-state index is 13.9. The van der Waals surface area contributed by atoms with E-state index < -0.39 is 0 Å². The van der Waals surface area contributed by atoms with E-state index in [2.05, 4.69) is 21.8 Å². The second-order valence-electron chi connectivity index (χ2n) is 5.44. The molecule has 0 amide bonds. The molecule has 2 aromatic rings. The molecular formula is C17H20FN3O. The summed E-state index contributed by atoms with van der Waals surface area (Å²) in [6.07, 6.45) is 3.17.